The van der Waals surface area contributed by atoms with E-state index < -0.39 is 18.0 Å². The number of hydrogen-bond donors (Lipinski definition) is 3. The van der Waals surface area contributed by atoms with Crippen LogP contribution in [0.4, 0.5) is 4.79 Å². The van der Waals surface area contributed by atoms with E-state index in [-0.39, 0.29) is 19.1 Å². The van der Waals surface area contributed by atoms with Crippen LogP contribution < -0.4 is 10.6 Å². The van der Waals surface area contributed by atoms with Crippen molar-refractivity contribution >= 4 is 12.0 Å². The number of amides is 2. The van der Waals surface area contributed by atoms with Crippen LogP contribution in [-0.2, 0) is 16.0 Å². The molecule has 21 heavy (non-hydrogen) atoms. The molecule has 7 nitrogen and oxygen atoms in total. The highest BCUT2D eigenvalue weighted by Gasteiger charge is 2.20. The fraction of sp³-hybridized carbons (Fsp3) is 0.571. The highest BCUT2D eigenvalue weighted by atomic mass is 16.5. The smallest absolute Gasteiger partial charge is 0.326 e. The summed E-state index contributed by atoms with van der Waals surface area (Å²) in [6.45, 7) is 2.12. The summed E-state index contributed by atoms with van der Waals surface area (Å²) in [4.78, 5) is 22.7. The third-order valence-corrected chi connectivity index (χ3v) is 3.00. The lowest BCUT2D eigenvalue weighted by atomic mass is 10.1. The van der Waals surface area contributed by atoms with Gasteiger partial charge in [0.1, 0.15) is 11.8 Å². The molecule has 0 radical (unpaired) electrons. The molecule has 0 bridgehead atoms. The molecule has 0 aliphatic rings. The average Bonchev–Trinajstić information content (AvgIpc) is 2.94. The van der Waals surface area contributed by atoms with E-state index in [1.165, 1.54) is 7.11 Å². The number of furan rings is 1. The lowest BCUT2D eigenvalue weighted by molar-refractivity contribution is -0.139. The molecule has 1 aromatic rings. The summed E-state index contributed by atoms with van der Waals surface area (Å²) in [7, 11) is 1.48. The van der Waals surface area contributed by atoms with Crippen LogP contribution in [0.5, 0.6) is 0 Å². The molecule has 0 saturated heterocycles. The van der Waals surface area contributed by atoms with Crippen molar-refractivity contribution in [3.05, 3.63) is 24.2 Å². The first-order valence-electron chi connectivity index (χ1n) is 6.84. The van der Waals surface area contributed by atoms with Gasteiger partial charge in [0.15, 0.2) is 0 Å². The monoisotopic (exact) mass is 298 g/mol. The highest BCUT2D eigenvalue weighted by molar-refractivity contribution is 5.82. The van der Waals surface area contributed by atoms with Gasteiger partial charge in [0, 0.05) is 32.6 Å². The number of ether oxygens (including phenoxy) is 1. The molecule has 7 heteroatoms. The van der Waals surface area contributed by atoms with Gasteiger partial charge < -0.3 is 24.9 Å². The summed E-state index contributed by atoms with van der Waals surface area (Å²) in [6, 6.07) is 2.14. The number of nitrogens with one attached hydrogen (secondary N) is 2. The maximum Gasteiger partial charge on any atom is 0.326 e. The van der Waals surface area contributed by atoms with Crippen molar-refractivity contribution in [2.75, 3.05) is 13.7 Å². The van der Waals surface area contributed by atoms with Gasteiger partial charge in [0.25, 0.3) is 0 Å². The summed E-state index contributed by atoms with van der Waals surface area (Å²) < 4.78 is 10.0. The van der Waals surface area contributed by atoms with Crippen LogP contribution in [0.15, 0.2) is 22.8 Å². The SMILES string of the molecule is COCCC(NC(=O)NC(C)CCc1ccco1)C(=O)O. The number of rotatable bonds is 9. The lowest BCUT2D eigenvalue weighted by Gasteiger charge is -2.18. The summed E-state index contributed by atoms with van der Waals surface area (Å²) in [5.41, 5.74) is 0. The average molecular weight is 298 g/mol. The maximum absolute atomic E-state index is 11.7. The van der Waals surface area contributed by atoms with Gasteiger partial charge in [-0.3, -0.25) is 0 Å². The van der Waals surface area contributed by atoms with Crippen LogP contribution in [0.3, 0.4) is 0 Å². The molecule has 118 valence electrons. The molecular weight excluding hydrogens is 276 g/mol. The van der Waals surface area contributed by atoms with Crippen LogP contribution in [0.25, 0.3) is 0 Å². The zero-order chi connectivity index (χ0) is 15.7. The second-order valence-electron chi connectivity index (χ2n) is 4.81. The predicted molar refractivity (Wildman–Crippen MR) is 76.1 cm³/mol. The molecule has 1 aromatic heterocycles. The second kappa shape index (κ2) is 9.02. The Balaban J connectivity index is 2.31. The largest absolute Gasteiger partial charge is 0.480 e. The zero-order valence-corrected chi connectivity index (χ0v) is 12.3. The van der Waals surface area contributed by atoms with Crippen molar-refractivity contribution < 1.29 is 23.8 Å². The zero-order valence-electron chi connectivity index (χ0n) is 12.3. The summed E-state index contributed by atoms with van der Waals surface area (Å²) >= 11 is 0. The van der Waals surface area contributed by atoms with E-state index in [0.717, 1.165) is 5.76 Å². The molecule has 0 aromatic carbocycles. The number of carboxylic acids is 1. The first-order valence-corrected chi connectivity index (χ1v) is 6.84. The standard InChI is InChI=1S/C14H22N2O5/c1-10(5-6-11-4-3-8-21-11)15-14(19)16-12(13(17)18)7-9-20-2/h3-4,8,10,12H,5-7,9H2,1-2H3,(H,17,18)(H2,15,16,19). The number of carbonyl (C=O) groups excluding carboxylic acids is 1. The van der Waals surface area contributed by atoms with E-state index in [1.54, 1.807) is 6.26 Å². The van der Waals surface area contributed by atoms with E-state index in [9.17, 15) is 9.59 Å². The van der Waals surface area contributed by atoms with E-state index in [4.69, 9.17) is 14.3 Å². The summed E-state index contributed by atoms with van der Waals surface area (Å²) in [5.74, 6) is -0.224. The summed E-state index contributed by atoms with van der Waals surface area (Å²) in [6.07, 6.45) is 3.24. The van der Waals surface area contributed by atoms with Gasteiger partial charge in [-0.25, -0.2) is 9.59 Å². The van der Waals surface area contributed by atoms with Gasteiger partial charge in [-0.15, -0.1) is 0 Å². The van der Waals surface area contributed by atoms with Gasteiger partial charge in [-0.05, 0) is 25.5 Å². The molecule has 0 aliphatic heterocycles. The lowest BCUT2D eigenvalue weighted by Crippen LogP contribution is -2.48. The molecule has 0 aliphatic carbocycles. The Morgan fingerprint density at radius 3 is 2.71 bits per heavy atom. The number of aryl methyl sites for hydroxylation is 1. The van der Waals surface area contributed by atoms with Crippen LogP contribution in [0, 0.1) is 0 Å². The minimum atomic E-state index is -1.08. The second-order valence-corrected chi connectivity index (χ2v) is 4.81. The Labute approximate surface area is 123 Å². The van der Waals surface area contributed by atoms with Crippen molar-refractivity contribution in [3.63, 3.8) is 0 Å². The number of methoxy groups -OCH3 is 1. The number of carbonyl (C=O) groups is 2. The predicted octanol–water partition coefficient (Wildman–Crippen LogP) is 1.39. The van der Waals surface area contributed by atoms with Gasteiger partial charge >= 0.3 is 12.0 Å². The van der Waals surface area contributed by atoms with Crippen LogP contribution in [0.1, 0.15) is 25.5 Å². The maximum atomic E-state index is 11.7. The Hall–Kier alpha value is -2.02. The topological polar surface area (TPSA) is 101 Å². The van der Waals surface area contributed by atoms with Gasteiger partial charge in [-0.1, -0.05) is 0 Å². The molecule has 2 amide bonds. The highest BCUT2D eigenvalue weighted by Crippen LogP contribution is 2.05. The van der Waals surface area contributed by atoms with Gasteiger partial charge in [0.05, 0.1) is 6.26 Å². The molecule has 3 N–H and O–H groups in total. The molecular formula is C14H22N2O5. The molecule has 2 atom stereocenters. The Morgan fingerprint density at radius 2 is 2.14 bits per heavy atom. The minimum absolute atomic E-state index is 0.0908. The molecule has 2 unspecified atom stereocenters. The van der Waals surface area contributed by atoms with E-state index in [2.05, 4.69) is 10.6 Å². The quantitative estimate of drug-likeness (QED) is 0.639. The third kappa shape index (κ3) is 6.80. The molecule has 1 heterocycles. The third-order valence-electron chi connectivity index (χ3n) is 3.00. The molecule has 0 fully saturated rings. The van der Waals surface area contributed by atoms with Crippen molar-refractivity contribution in [1.29, 1.82) is 0 Å². The Kier molecular flexibility index (Phi) is 7.31. The first kappa shape index (κ1) is 17.0. The Bertz CT molecular complexity index is 433. The van der Waals surface area contributed by atoms with Crippen molar-refractivity contribution in [2.45, 2.75) is 38.3 Å². The van der Waals surface area contributed by atoms with E-state index in [0.29, 0.717) is 12.8 Å². The number of urea groups is 1. The number of carboxylic acid groups (broad SMARTS) is 1. The van der Waals surface area contributed by atoms with Gasteiger partial charge in [0.2, 0.25) is 0 Å². The molecule has 0 saturated carbocycles. The fourth-order valence-corrected chi connectivity index (χ4v) is 1.80. The van der Waals surface area contributed by atoms with Crippen molar-refractivity contribution in [2.24, 2.45) is 0 Å². The van der Waals surface area contributed by atoms with Crippen LogP contribution >= 0.6 is 0 Å². The van der Waals surface area contributed by atoms with Gasteiger partial charge in [-0.2, -0.15) is 0 Å². The van der Waals surface area contributed by atoms with Crippen molar-refractivity contribution in [1.82, 2.24) is 10.6 Å². The number of aliphatic carboxylic acids is 1. The molecule has 1 rings (SSSR count). The molecule has 0 spiro atoms. The normalized spacial score (nSPS) is 13.4. The summed E-state index contributed by atoms with van der Waals surface area (Å²) in [5, 5.41) is 14.1. The van der Waals surface area contributed by atoms with Crippen molar-refractivity contribution in [3.8, 4) is 0 Å². The number of hydrogen-bond acceptors (Lipinski definition) is 4. The first-order chi connectivity index (χ1) is 10.0. The van der Waals surface area contributed by atoms with E-state index >= 15 is 0 Å². The fourth-order valence-electron chi connectivity index (χ4n) is 1.80. The van der Waals surface area contributed by atoms with E-state index in [1.807, 2.05) is 19.1 Å². The van der Waals surface area contributed by atoms with Crippen LogP contribution in [-0.4, -0.2) is 42.9 Å². The van der Waals surface area contributed by atoms with Crippen LogP contribution in [0.2, 0.25) is 0 Å². The Morgan fingerprint density at radius 1 is 1.38 bits per heavy atom. The minimum Gasteiger partial charge on any atom is -0.480 e.